The molecule has 3 aromatic rings. The molecule has 2 aromatic carbocycles. The molecular formula is C23H23NO5. The summed E-state index contributed by atoms with van der Waals surface area (Å²) in [6.45, 7) is 6.91. The molecule has 1 atom stereocenters. The quantitative estimate of drug-likeness (QED) is 0.497. The van der Waals surface area contributed by atoms with Crippen molar-refractivity contribution in [2.45, 2.75) is 40.2 Å². The number of carbonyl (C=O) groups excluding carboxylic acids is 3. The number of nitrogens with one attached hydrogen (secondary N) is 1. The fourth-order valence-corrected chi connectivity index (χ4v) is 3.05. The predicted octanol–water partition coefficient (Wildman–Crippen LogP) is 4.37. The molecule has 1 amide bonds. The molecule has 0 fully saturated rings. The van der Waals surface area contributed by atoms with Gasteiger partial charge in [0.05, 0.1) is 18.4 Å². The summed E-state index contributed by atoms with van der Waals surface area (Å²) in [6.07, 6.45) is 0.528. The molecule has 0 aliphatic heterocycles. The van der Waals surface area contributed by atoms with Crippen molar-refractivity contribution in [2.75, 3.05) is 5.32 Å². The molecule has 3 rings (SSSR count). The number of Topliss-reactive ketones (excluding diaryl/α,β-unsaturated/α-hetero) is 1. The van der Waals surface area contributed by atoms with Crippen LogP contribution in [0.4, 0.5) is 5.69 Å². The van der Waals surface area contributed by atoms with Crippen molar-refractivity contribution in [3.8, 4) is 0 Å². The highest BCUT2D eigenvalue weighted by Crippen LogP contribution is 2.25. The number of anilines is 1. The summed E-state index contributed by atoms with van der Waals surface area (Å²) in [7, 11) is 0. The summed E-state index contributed by atoms with van der Waals surface area (Å²) in [6, 6.07) is 10.6. The Hall–Kier alpha value is -3.41. The molecule has 0 unspecified atom stereocenters. The van der Waals surface area contributed by atoms with Crippen molar-refractivity contribution >= 4 is 34.3 Å². The lowest BCUT2D eigenvalue weighted by Crippen LogP contribution is -2.31. The third kappa shape index (κ3) is 4.54. The van der Waals surface area contributed by atoms with E-state index in [9.17, 15) is 14.4 Å². The van der Waals surface area contributed by atoms with Crippen molar-refractivity contribution in [1.82, 2.24) is 0 Å². The number of esters is 1. The minimum absolute atomic E-state index is 0.00282. The highest BCUT2D eigenvalue weighted by atomic mass is 16.5. The SMILES string of the molecule is CC(=O)c1ccccc1NC(=O)[C@H](C)OC(=O)Cc1coc2cc(C)c(C)cc12. The number of rotatable bonds is 6. The van der Waals surface area contributed by atoms with E-state index in [0.717, 1.165) is 16.5 Å². The van der Waals surface area contributed by atoms with E-state index in [1.54, 1.807) is 30.5 Å². The van der Waals surface area contributed by atoms with Gasteiger partial charge in [0.1, 0.15) is 5.58 Å². The van der Waals surface area contributed by atoms with Crippen LogP contribution in [-0.4, -0.2) is 23.8 Å². The van der Waals surface area contributed by atoms with Gasteiger partial charge < -0.3 is 14.5 Å². The fraction of sp³-hybridized carbons (Fsp3) is 0.261. The number of hydrogen-bond donors (Lipinski definition) is 1. The van der Waals surface area contributed by atoms with Crippen LogP contribution in [0.15, 0.2) is 47.1 Å². The molecule has 1 heterocycles. The van der Waals surface area contributed by atoms with E-state index in [4.69, 9.17) is 9.15 Å². The van der Waals surface area contributed by atoms with E-state index in [1.165, 1.54) is 13.8 Å². The van der Waals surface area contributed by atoms with Crippen LogP contribution in [0.1, 0.15) is 40.9 Å². The van der Waals surface area contributed by atoms with Crippen molar-refractivity contribution < 1.29 is 23.5 Å². The largest absolute Gasteiger partial charge is 0.464 e. The van der Waals surface area contributed by atoms with E-state index in [-0.39, 0.29) is 12.2 Å². The zero-order chi connectivity index (χ0) is 21.1. The van der Waals surface area contributed by atoms with E-state index in [1.807, 2.05) is 26.0 Å². The normalized spacial score (nSPS) is 11.9. The van der Waals surface area contributed by atoms with Gasteiger partial charge >= 0.3 is 5.97 Å². The van der Waals surface area contributed by atoms with Crippen LogP contribution in [0.25, 0.3) is 11.0 Å². The van der Waals surface area contributed by atoms with Gasteiger partial charge in [0.15, 0.2) is 11.9 Å². The van der Waals surface area contributed by atoms with Gasteiger partial charge in [0.25, 0.3) is 5.91 Å². The molecular weight excluding hydrogens is 370 g/mol. The van der Waals surface area contributed by atoms with Crippen LogP contribution < -0.4 is 5.32 Å². The van der Waals surface area contributed by atoms with Crippen molar-refractivity contribution in [1.29, 1.82) is 0 Å². The molecule has 0 aliphatic rings. The van der Waals surface area contributed by atoms with Crippen LogP contribution in [-0.2, 0) is 20.7 Å². The first-order valence-corrected chi connectivity index (χ1v) is 9.34. The highest BCUT2D eigenvalue weighted by molar-refractivity contribution is 6.04. The van der Waals surface area contributed by atoms with Gasteiger partial charge in [-0.05, 0) is 63.1 Å². The van der Waals surface area contributed by atoms with Crippen LogP contribution in [0, 0.1) is 13.8 Å². The van der Waals surface area contributed by atoms with Gasteiger partial charge in [-0.1, -0.05) is 12.1 Å². The van der Waals surface area contributed by atoms with Crippen molar-refractivity contribution in [3.63, 3.8) is 0 Å². The Morgan fingerprint density at radius 2 is 1.79 bits per heavy atom. The number of carbonyl (C=O) groups is 3. The number of amides is 1. The van der Waals surface area contributed by atoms with Gasteiger partial charge in [0, 0.05) is 16.5 Å². The van der Waals surface area contributed by atoms with Crippen LogP contribution in [0.2, 0.25) is 0 Å². The van der Waals surface area contributed by atoms with Crippen molar-refractivity contribution in [2.24, 2.45) is 0 Å². The zero-order valence-corrected chi connectivity index (χ0v) is 16.9. The molecule has 0 bridgehead atoms. The van der Waals surface area contributed by atoms with E-state index in [0.29, 0.717) is 22.4 Å². The van der Waals surface area contributed by atoms with Gasteiger partial charge in [-0.25, -0.2) is 0 Å². The molecule has 0 saturated heterocycles. The molecule has 0 spiro atoms. The first-order valence-electron chi connectivity index (χ1n) is 9.34. The minimum atomic E-state index is -1.01. The molecule has 6 heteroatoms. The lowest BCUT2D eigenvalue weighted by molar-refractivity contribution is -0.152. The fourth-order valence-electron chi connectivity index (χ4n) is 3.05. The average Bonchev–Trinajstić information content (AvgIpc) is 3.03. The first-order chi connectivity index (χ1) is 13.8. The predicted molar refractivity (Wildman–Crippen MR) is 110 cm³/mol. The Morgan fingerprint density at radius 1 is 1.10 bits per heavy atom. The maximum atomic E-state index is 12.4. The second kappa shape index (κ2) is 8.31. The first kappa shape index (κ1) is 20.3. The highest BCUT2D eigenvalue weighted by Gasteiger charge is 2.21. The topological polar surface area (TPSA) is 85.6 Å². The van der Waals surface area contributed by atoms with Gasteiger partial charge in [-0.2, -0.15) is 0 Å². The van der Waals surface area contributed by atoms with Crippen molar-refractivity contribution in [3.05, 3.63) is 64.9 Å². The third-order valence-corrected chi connectivity index (χ3v) is 4.85. The Morgan fingerprint density at radius 3 is 2.52 bits per heavy atom. The number of furan rings is 1. The van der Waals surface area contributed by atoms with Crippen LogP contribution in [0.5, 0.6) is 0 Å². The number of aryl methyl sites for hydroxylation is 2. The number of ketones is 1. The molecule has 0 saturated carbocycles. The third-order valence-electron chi connectivity index (χ3n) is 4.85. The molecule has 0 aliphatic carbocycles. The molecule has 1 aromatic heterocycles. The van der Waals surface area contributed by atoms with Crippen LogP contribution >= 0.6 is 0 Å². The maximum absolute atomic E-state index is 12.4. The summed E-state index contributed by atoms with van der Waals surface area (Å²) in [5.74, 6) is -1.20. The summed E-state index contributed by atoms with van der Waals surface area (Å²) in [5.41, 5.74) is 4.42. The number of hydrogen-bond acceptors (Lipinski definition) is 5. The molecule has 150 valence electrons. The molecule has 1 N–H and O–H groups in total. The number of benzene rings is 2. The average molecular weight is 393 g/mol. The summed E-state index contributed by atoms with van der Waals surface area (Å²) >= 11 is 0. The smallest absolute Gasteiger partial charge is 0.311 e. The lowest BCUT2D eigenvalue weighted by atomic mass is 10.0. The summed E-state index contributed by atoms with van der Waals surface area (Å²) in [4.78, 5) is 36.4. The zero-order valence-electron chi connectivity index (χ0n) is 16.9. The minimum Gasteiger partial charge on any atom is -0.464 e. The maximum Gasteiger partial charge on any atom is 0.311 e. The Kier molecular flexibility index (Phi) is 5.82. The summed E-state index contributed by atoms with van der Waals surface area (Å²) in [5, 5.41) is 3.50. The second-order valence-electron chi connectivity index (χ2n) is 7.09. The van der Waals surface area contributed by atoms with E-state index >= 15 is 0 Å². The number of fused-ring (bicyclic) bond motifs is 1. The Labute approximate surface area is 168 Å². The second-order valence-corrected chi connectivity index (χ2v) is 7.09. The standard InChI is InChI=1S/C23H23NO5/c1-13-9-19-17(12-28-21(19)10-14(13)2)11-22(26)29-16(4)23(27)24-20-8-6-5-7-18(20)15(3)25/h5-10,12,16H,11H2,1-4H3,(H,24,27)/t16-/m0/s1. The Balaban J connectivity index is 1.66. The molecule has 29 heavy (non-hydrogen) atoms. The molecule has 0 radical (unpaired) electrons. The molecule has 6 nitrogen and oxygen atoms in total. The monoisotopic (exact) mass is 393 g/mol. The van der Waals surface area contributed by atoms with Gasteiger partial charge in [-0.15, -0.1) is 0 Å². The van der Waals surface area contributed by atoms with Gasteiger partial charge in [0.2, 0.25) is 0 Å². The number of ether oxygens (including phenoxy) is 1. The number of para-hydroxylation sites is 1. The Bertz CT molecular complexity index is 1100. The van der Waals surface area contributed by atoms with E-state index < -0.39 is 18.0 Å². The summed E-state index contributed by atoms with van der Waals surface area (Å²) < 4.78 is 10.8. The van der Waals surface area contributed by atoms with Crippen LogP contribution in [0.3, 0.4) is 0 Å². The van der Waals surface area contributed by atoms with E-state index in [2.05, 4.69) is 5.32 Å². The lowest BCUT2D eigenvalue weighted by Gasteiger charge is -2.15. The van der Waals surface area contributed by atoms with Gasteiger partial charge in [-0.3, -0.25) is 14.4 Å².